The number of nitrogens with one attached hydrogen (secondary N) is 1. The van der Waals surface area contributed by atoms with Gasteiger partial charge in [0.1, 0.15) is 11.5 Å². The normalized spacial score (nSPS) is 16.4. The number of benzene rings is 1. The standard InChI is InChI=1S/C13H16N2O3S/c1-17-11-2-4-12(5-3-11)18-8-13(16)15-14-10-6-7-19-9-10/h2-5H,6-9H2,1H3,(H,15,16)/b14-10+. The second-order valence-electron chi connectivity index (χ2n) is 3.98. The number of ether oxygens (including phenoxy) is 2. The molecule has 0 saturated carbocycles. The van der Waals surface area contributed by atoms with Gasteiger partial charge in [0.2, 0.25) is 0 Å². The number of hydrogen-bond acceptors (Lipinski definition) is 5. The maximum atomic E-state index is 11.5. The Morgan fingerprint density at radius 3 is 2.74 bits per heavy atom. The SMILES string of the molecule is COc1ccc(OCC(=O)N/N=C2\CCSC2)cc1. The molecule has 0 radical (unpaired) electrons. The minimum atomic E-state index is -0.250. The highest BCUT2D eigenvalue weighted by molar-refractivity contribution is 8.00. The van der Waals surface area contributed by atoms with Gasteiger partial charge in [-0.05, 0) is 36.4 Å². The Morgan fingerprint density at radius 1 is 1.37 bits per heavy atom. The predicted octanol–water partition coefficient (Wildman–Crippen LogP) is 1.68. The van der Waals surface area contributed by atoms with Crippen LogP contribution in [0.1, 0.15) is 6.42 Å². The molecular formula is C13H16N2O3S. The zero-order chi connectivity index (χ0) is 13.5. The molecule has 0 bridgehead atoms. The third kappa shape index (κ3) is 4.48. The highest BCUT2D eigenvalue weighted by atomic mass is 32.2. The molecule has 2 rings (SSSR count). The highest BCUT2D eigenvalue weighted by Crippen LogP contribution is 2.16. The fourth-order valence-electron chi connectivity index (χ4n) is 1.53. The van der Waals surface area contributed by atoms with Crippen molar-refractivity contribution >= 4 is 23.4 Å². The summed E-state index contributed by atoms with van der Waals surface area (Å²) in [4.78, 5) is 11.5. The molecule has 1 amide bonds. The van der Waals surface area contributed by atoms with Crippen LogP contribution in [0.4, 0.5) is 0 Å². The molecule has 102 valence electrons. The van der Waals surface area contributed by atoms with Gasteiger partial charge in [-0.1, -0.05) is 0 Å². The summed E-state index contributed by atoms with van der Waals surface area (Å²) >= 11 is 1.82. The summed E-state index contributed by atoms with van der Waals surface area (Å²) in [6.07, 6.45) is 0.949. The number of hydrogen-bond donors (Lipinski definition) is 1. The largest absolute Gasteiger partial charge is 0.497 e. The Hall–Kier alpha value is -1.69. The summed E-state index contributed by atoms with van der Waals surface area (Å²) in [5, 5.41) is 4.06. The van der Waals surface area contributed by atoms with Gasteiger partial charge >= 0.3 is 0 Å². The van der Waals surface area contributed by atoms with Gasteiger partial charge in [0.15, 0.2) is 6.61 Å². The van der Waals surface area contributed by atoms with E-state index in [1.54, 1.807) is 31.4 Å². The molecular weight excluding hydrogens is 264 g/mol. The van der Waals surface area contributed by atoms with Crippen LogP contribution >= 0.6 is 11.8 Å². The first-order valence-corrected chi connectivity index (χ1v) is 7.12. The molecule has 6 heteroatoms. The molecule has 1 aliphatic heterocycles. The lowest BCUT2D eigenvalue weighted by Crippen LogP contribution is -2.25. The first-order chi connectivity index (χ1) is 9.28. The molecule has 0 unspecified atom stereocenters. The lowest BCUT2D eigenvalue weighted by molar-refractivity contribution is -0.123. The van der Waals surface area contributed by atoms with Crippen LogP contribution < -0.4 is 14.9 Å². The molecule has 1 N–H and O–H groups in total. The molecule has 0 aromatic heterocycles. The average Bonchev–Trinajstić information content (AvgIpc) is 2.96. The lowest BCUT2D eigenvalue weighted by atomic mass is 10.3. The van der Waals surface area contributed by atoms with E-state index in [2.05, 4.69) is 10.5 Å². The van der Waals surface area contributed by atoms with Gasteiger partial charge < -0.3 is 9.47 Å². The summed E-state index contributed by atoms with van der Waals surface area (Å²) in [6.45, 7) is -0.0454. The molecule has 0 spiro atoms. The van der Waals surface area contributed by atoms with Gasteiger partial charge in [0.05, 0.1) is 7.11 Å². The summed E-state index contributed by atoms with van der Waals surface area (Å²) in [5.74, 6) is 3.11. The van der Waals surface area contributed by atoms with E-state index >= 15 is 0 Å². The van der Waals surface area contributed by atoms with Crippen LogP contribution in [0.15, 0.2) is 29.4 Å². The van der Waals surface area contributed by atoms with Crippen LogP contribution in [0.2, 0.25) is 0 Å². The zero-order valence-electron chi connectivity index (χ0n) is 10.7. The van der Waals surface area contributed by atoms with Crippen molar-refractivity contribution in [3.05, 3.63) is 24.3 Å². The number of hydrazone groups is 1. The Kier molecular flexibility index (Phi) is 5.09. The summed E-state index contributed by atoms with van der Waals surface area (Å²) in [6, 6.07) is 7.07. The van der Waals surface area contributed by atoms with Crippen LogP contribution in [-0.4, -0.2) is 36.8 Å². The van der Waals surface area contributed by atoms with Gasteiger partial charge in [-0.25, -0.2) is 5.43 Å². The molecule has 1 fully saturated rings. The quantitative estimate of drug-likeness (QED) is 0.834. The fraction of sp³-hybridized carbons (Fsp3) is 0.385. The van der Waals surface area contributed by atoms with Crippen LogP contribution in [0.25, 0.3) is 0 Å². The number of nitrogens with zero attached hydrogens (tertiary/aromatic N) is 1. The molecule has 1 saturated heterocycles. The Bertz CT molecular complexity index is 451. The van der Waals surface area contributed by atoms with Crippen LogP contribution in [0.3, 0.4) is 0 Å². The van der Waals surface area contributed by atoms with E-state index in [-0.39, 0.29) is 12.5 Å². The number of rotatable bonds is 5. The predicted molar refractivity (Wildman–Crippen MR) is 76.0 cm³/mol. The van der Waals surface area contributed by atoms with Gasteiger partial charge in [-0.2, -0.15) is 16.9 Å². The number of methoxy groups -OCH3 is 1. The first kappa shape index (κ1) is 13.7. The third-order valence-corrected chi connectivity index (χ3v) is 3.60. The van der Waals surface area contributed by atoms with Crippen molar-refractivity contribution in [1.29, 1.82) is 0 Å². The molecule has 0 aliphatic carbocycles. The van der Waals surface area contributed by atoms with Gasteiger partial charge in [-0.15, -0.1) is 0 Å². The van der Waals surface area contributed by atoms with E-state index in [1.807, 2.05) is 11.8 Å². The van der Waals surface area contributed by atoms with Crippen molar-refractivity contribution in [3.63, 3.8) is 0 Å². The van der Waals surface area contributed by atoms with Crippen LogP contribution in [0.5, 0.6) is 11.5 Å². The number of carbonyl (C=O) groups excluding carboxylic acids is 1. The summed E-state index contributed by atoms with van der Waals surface area (Å²) in [7, 11) is 1.60. The topological polar surface area (TPSA) is 59.9 Å². The van der Waals surface area contributed by atoms with E-state index in [9.17, 15) is 4.79 Å². The number of thioether (sulfide) groups is 1. The van der Waals surface area contributed by atoms with Crippen molar-refractivity contribution in [1.82, 2.24) is 5.43 Å². The Balaban J connectivity index is 1.74. The lowest BCUT2D eigenvalue weighted by Gasteiger charge is -2.06. The van der Waals surface area contributed by atoms with E-state index in [1.165, 1.54) is 0 Å². The maximum absolute atomic E-state index is 11.5. The van der Waals surface area contributed by atoms with Crippen molar-refractivity contribution in [3.8, 4) is 11.5 Å². The minimum Gasteiger partial charge on any atom is -0.497 e. The Labute approximate surface area is 116 Å². The molecule has 5 nitrogen and oxygen atoms in total. The van der Waals surface area contributed by atoms with Gasteiger partial charge in [0, 0.05) is 11.5 Å². The molecule has 1 aliphatic rings. The van der Waals surface area contributed by atoms with Crippen molar-refractivity contribution in [2.24, 2.45) is 5.10 Å². The number of amides is 1. The first-order valence-electron chi connectivity index (χ1n) is 5.97. The second-order valence-corrected chi connectivity index (χ2v) is 5.08. The van der Waals surface area contributed by atoms with Crippen molar-refractivity contribution < 1.29 is 14.3 Å². The van der Waals surface area contributed by atoms with E-state index in [0.29, 0.717) is 5.75 Å². The second kappa shape index (κ2) is 7.04. The maximum Gasteiger partial charge on any atom is 0.277 e. The monoisotopic (exact) mass is 280 g/mol. The number of carbonyl (C=O) groups is 1. The van der Waals surface area contributed by atoms with Gasteiger partial charge in [-0.3, -0.25) is 4.79 Å². The van der Waals surface area contributed by atoms with Gasteiger partial charge in [0.25, 0.3) is 5.91 Å². The van der Waals surface area contributed by atoms with E-state index in [0.717, 1.165) is 29.4 Å². The van der Waals surface area contributed by atoms with Crippen molar-refractivity contribution in [2.45, 2.75) is 6.42 Å². The molecule has 1 heterocycles. The molecule has 1 aromatic rings. The average molecular weight is 280 g/mol. The van der Waals surface area contributed by atoms with Crippen molar-refractivity contribution in [2.75, 3.05) is 25.2 Å². The fourth-order valence-corrected chi connectivity index (χ4v) is 2.50. The molecule has 19 heavy (non-hydrogen) atoms. The van der Waals surface area contributed by atoms with E-state index < -0.39 is 0 Å². The molecule has 1 aromatic carbocycles. The van der Waals surface area contributed by atoms with Crippen LogP contribution in [-0.2, 0) is 4.79 Å². The zero-order valence-corrected chi connectivity index (χ0v) is 11.5. The summed E-state index contributed by atoms with van der Waals surface area (Å²) < 4.78 is 10.4. The summed E-state index contributed by atoms with van der Waals surface area (Å²) in [5.41, 5.74) is 3.53. The smallest absolute Gasteiger partial charge is 0.277 e. The molecule has 0 atom stereocenters. The third-order valence-electron chi connectivity index (χ3n) is 2.57. The highest BCUT2D eigenvalue weighted by Gasteiger charge is 2.09. The van der Waals surface area contributed by atoms with E-state index in [4.69, 9.17) is 9.47 Å². The minimum absolute atomic E-state index is 0.0454. The Morgan fingerprint density at radius 2 is 2.11 bits per heavy atom. The van der Waals surface area contributed by atoms with Crippen LogP contribution in [0, 0.1) is 0 Å².